The average molecular weight is 224 g/mol. The van der Waals surface area contributed by atoms with Crippen LogP contribution in [0.25, 0.3) is 6.08 Å². The van der Waals surface area contributed by atoms with Crippen LogP contribution in [0.2, 0.25) is 0 Å². The summed E-state index contributed by atoms with van der Waals surface area (Å²) in [6.07, 6.45) is 11.5. The summed E-state index contributed by atoms with van der Waals surface area (Å²) in [6.45, 7) is 0. The molecule has 1 fully saturated rings. The summed E-state index contributed by atoms with van der Waals surface area (Å²) in [5.74, 6) is 1.09. The van der Waals surface area contributed by atoms with E-state index >= 15 is 0 Å². The molecule has 1 aromatic carbocycles. The van der Waals surface area contributed by atoms with E-state index < -0.39 is 4.92 Å². The van der Waals surface area contributed by atoms with Crippen LogP contribution in [0.15, 0.2) is 36.1 Å². The molecule has 83 valence electrons. The normalized spacial score (nSPS) is 15.3. The predicted octanol–water partition coefficient (Wildman–Crippen LogP) is 3.17. The van der Waals surface area contributed by atoms with E-state index in [1.807, 2.05) is 31.8 Å². The Morgan fingerprint density at radius 1 is 1.06 bits per heavy atom. The molecule has 3 nitrogen and oxygen atoms in total. The number of benzene rings is 1. The number of allylic oxidation sites excluding steroid dienone is 1. The molecule has 5 radical (unpaired) electrons. The van der Waals surface area contributed by atoms with Crippen molar-refractivity contribution in [3.63, 3.8) is 0 Å². The van der Waals surface area contributed by atoms with Gasteiger partial charge in [0.05, 0.1) is 4.92 Å². The summed E-state index contributed by atoms with van der Waals surface area (Å²) in [5, 5.41) is 10.5. The maximum Gasteiger partial charge on any atom is 0.269 e. The van der Waals surface area contributed by atoms with Gasteiger partial charge in [0.15, 0.2) is 0 Å². The van der Waals surface area contributed by atoms with Crippen LogP contribution in [0.4, 0.5) is 5.69 Å². The number of nitro benzene ring substituents is 1. The van der Waals surface area contributed by atoms with Crippen molar-refractivity contribution in [3.8, 4) is 0 Å². The summed E-state index contributed by atoms with van der Waals surface area (Å²) in [7, 11) is 0. The molecule has 0 saturated heterocycles. The van der Waals surface area contributed by atoms with E-state index in [9.17, 15) is 10.1 Å². The monoisotopic (exact) mass is 224 g/mol. The fourth-order valence-corrected chi connectivity index (χ4v) is 1.41. The summed E-state index contributed by atoms with van der Waals surface area (Å²) >= 11 is 0. The summed E-state index contributed by atoms with van der Waals surface area (Å²) in [6, 6.07) is 6.36. The average Bonchev–Trinajstić information content (AvgIpc) is 2.83. The van der Waals surface area contributed by atoms with E-state index in [4.69, 9.17) is 0 Å². The van der Waals surface area contributed by atoms with Crippen LogP contribution in [-0.4, -0.2) is 4.92 Å². The van der Waals surface area contributed by atoms with Crippen LogP contribution in [0.3, 0.4) is 0 Å². The highest BCUT2D eigenvalue weighted by atomic mass is 16.6. The van der Waals surface area contributed by atoms with Gasteiger partial charge >= 0.3 is 0 Å². The van der Waals surface area contributed by atoms with Gasteiger partial charge in [0.1, 0.15) is 0 Å². The Balaban J connectivity index is 2.02. The largest absolute Gasteiger partial charge is 0.269 e. The van der Waals surface area contributed by atoms with Gasteiger partial charge in [0.25, 0.3) is 5.69 Å². The second-order valence-electron chi connectivity index (χ2n) is 3.52. The zero-order valence-electron chi connectivity index (χ0n) is 9.04. The third-order valence-corrected chi connectivity index (χ3v) is 2.29. The van der Waals surface area contributed by atoms with Crippen molar-refractivity contribution in [1.82, 2.24) is 0 Å². The van der Waals surface area contributed by atoms with Gasteiger partial charge < -0.3 is 0 Å². The second kappa shape index (κ2) is 5.46. The molecular weight excluding hydrogens is 214 g/mol. The molecule has 17 heavy (non-hydrogen) atoms. The van der Waals surface area contributed by atoms with Crippen molar-refractivity contribution >= 4 is 11.8 Å². The Bertz CT molecular complexity index is 450. The van der Waals surface area contributed by atoms with E-state index in [1.165, 1.54) is 12.1 Å². The molecule has 1 aromatic rings. The lowest BCUT2D eigenvalue weighted by atomic mass is 10.1. The molecule has 0 aliphatic heterocycles. The molecular formula is C14H10NO2. The number of non-ortho nitro benzene ring substituents is 1. The zero-order valence-corrected chi connectivity index (χ0v) is 9.04. The molecule has 0 amide bonds. The summed E-state index contributed by atoms with van der Waals surface area (Å²) < 4.78 is 0. The molecule has 0 heterocycles. The first kappa shape index (κ1) is 11.6. The lowest BCUT2D eigenvalue weighted by Crippen LogP contribution is -1.86. The van der Waals surface area contributed by atoms with Crippen molar-refractivity contribution in [2.75, 3.05) is 0 Å². The lowest BCUT2D eigenvalue weighted by molar-refractivity contribution is -0.384. The zero-order chi connectivity index (χ0) is 12.1. The van der Waals surface area contributed by atoms with Crippen molar-refractivity contribution in [3.05, 3.63) is 83.4 Å². The van der Waals surface area contributed by atoms with Gasteiger partial charge in [-0.1, -0.05) is 0 Å². The van der Waals surface area contributed by atoms with Crippen molar-refractivity contribution in [2.24, 2.45) is 0 Å². The number of rotatable bonds is 3. The first-order valence-corrected chi connectivity index (χ1v) is 5.14. The highest BCUT2D eigenvalue weighted by Gasteiger charge is 2.12. The number of hydrogen-bond acceptors (Lipinski definition) is 2. The number of nitro groups is 1. The third kappa shape index (κ3) is 3.30. The van der Waals surface area contributed by atoms with Crippen molar-refractivity contribution in [2.45, 2.75) is 0 Å². The van der Waals surface area contributed by atoms with Crippen LogP contribution in [0.1, 0.15) is 5.56 Å². The molecule has 3 heteroatoms. The quantitative estimate of drug-likeness (QED) is 0.449. The van der Waals surface area contributed by atoms with Gasteiger partial charge in [-0.15, -0.1) is 5.73 Å². The van der Waals surface area contributed by atoms with Crippen molar-refractivity contribution in [1.29, 1.82) is 0 Å². The number of nitrogens with zero attached hydrogens (tertiary/aromatic N) is 1. The Kier molecular flexibility index (Phi) is 3.73. The molecule has 0 atom stereocenters. The van der Waals surface area contributed by atoms with Crippen LogP contribution in [0.5, 0.6) is 0 Å². The Hall–Kier alpha value is -1.86. The van der Waals surface area contributed by atoms with E-state index in [2.05, 4.69) is 5.73 Å². The van der Waals surface area contributed by atoms with Gasteiger partial charge in [-0.3, -0.25) is 10.1 Å². The van der Waals surface area contributed by atoms with Gasteiger partial charge in [0.2, 0.25) is 0 Å². The Morgan fingerprint density at radius 3 is 2.29 bits per heavy atom. The van der Waals surface area contributed by atoms with E-state index in [0.29, 0.717) is 0 Å². The molecule has 0 spiro atoms. The van der Waals surface area contributed by atoms with Crippen LogP contribution in [0, 0.1) is 41.7 Å². The van der Waals surface area contributed by atoms with E-state index in [1.54, 1.807) is 18.2 Å². The number of hydrogen-bond donors (Lipinski definition) is 0. The fraction of sp³-hybridized carbons (Fsp3) is 0. The Labute approximate surface area is 101 Å². The van der Waals surface area contributed by atoms with Crippen LogP contribution >= 0.6 is 0 Å². The molecule has 2 rings (SSSR count). The molecule has 0 aromatic heterocycles. The van der Waals surface area contributed by atoms with E-state index in [-0.39, 0.29) is 5.69 Å². The van der Waals surface area contributed by atoms with Gasteiger partial charge in [-0.05, 0) is 55.5 Å². The first-order valence-electron chi connectivity index (χ1n) is 5.14. The molecule has 1 aliphatic carbocycles. The minimum atomic E-state index is -0.409. The summed E-state index contributed by atoms with van der Waals surface area (Å²) in [4.78, 5) is 10.0. The van der Waals surface area contributed by atoms with Gasteiger partial charge in [-0.25, -0.2) is 0 Å². The first-order chi connectivity index (χ1) is 8.25. The fourth-order valence-electron chi connectivity index (χ4n) is 1.41. The molecule has 0 N–H and O–H groups in total. The topological polar surface area (TPSA) is 43.1 Å². The Morgan fingerprint density at radius 2 is 1.71 bits per heavy atom. The highest BCUT2D eigenvalue weighted by molar-refractivity contribution is 5.53. The van der Waals surface area contributed by atoms with Gasteiger partial charge in [-0.2, -0.15) is 0 Å². The highest BCUT2D eigenvalue weighted by Crippen LogP contribution is 2.23. The summed E-state index contributed by atoms with van der Waals surface area (Å²) in [5.41, 5.74) is 4.02. The standard InChI is InChI=1S/C14H10NO2/c16-15(17)14-10-8-13(9-11-14)7-3-6-12-4-1-2-5-12/h1-2,4-11H. The maximum atomic E-state index is 10.5. The molecule has 0 unspecified atom stereocenters. The molecule has 1 saturated carbocycles. The third-order valence-electron chi connectivity index (χ3n) is 2.29. The molecule has 0 bridgehead atoms. The van der Waals surface area contributed by atoms with Crippen molar-refractivity contribution < 1.29 is 4.92 Å². The van der Waals surface area contributed by atoms with Gasteiger partial charge in [0, 0.05) is 18.1 Å². The maximum absolute atomic E-state index is 10.5. The SMILES string of the molecule is O=[N+]([O-])c1ccc(C=C=C[C]2[CH][CH][CH][CH]2)cc1. The van der Waals surface area contributed by atoms with Crippen LogP contribution in [-0.2, 0) is 0 Å². The predicted molar refractivity (Wildman–Crippen MR) is 66.1 cm³/mol. The lowest BCUT2D eigenvalue weighted by Gasteiger charge is -1.94. The van der Waals surface area contributed by atoms with E-state index in [0.717, 1.165) is 11.5 Å². The van der Waals surface area contributed by atoms with Crippen LogP contribution < -0.4 is 0 Å². The minimum absolute atomic E-state index is 0.0992. The smallest absolute Gasteiger partial charge is 0.258 e. The molecule has 1 aliphatic rings. The second-order valence-corrected chi connectivity index (χ2v) is 3.52. The minimum Gasteiger partial charge on any atom is -0.258 e.